The number of rotatable bonds is 7. The summed E-state index contributed by atoms with van der Waals surface area (Å²) in [5.74, 6) is 0.622. The molecular formula is C17H16BrNO3S2. The largest absolute Gasteiger partial charge is 0.468 e. The molecule has 24 heavy (non-hydrogen) atoms. The van der Waals surface area contributed by atoms with E-state index >= 15 is 0 Å². The summed E-state index contributed by atoms with van der Waals surface area (Å²) in [4.78, 5) is 1.42. The third kappa shape index (κ3) is 3.97. The molecule has 0 atom stereocenters. The van der Waals surface area contributed by atoms with Gasteiger partial charge in [0.05, 0.1) is 17.7 Å². The first-order valence-electron chi connectivity index (χ1n) is 7.37. The zero-order chi connectivity index (χ0) is 17.0. The van der Waals surface area contributed by atoms with Gasteiger partial charge in [-0.25, -0.2) is 8.42 Å². The lowest BCUT2D eigenvalue weighted by molar-refractivity contribution is 0.366. The van der Waals surface area contributed by atoms with Gasteiger partial charge in [0.2, 0.25) is 10.0 Å². The number of hydrogen-bond donors (Lipinski definition) is 0. The third-order valence-corrected chi connectivity index (χ3v) is 7.35. The van der Waals surface area contributed by atoms with Crippen molar-refractivity contribution in [1.82, 2.24) is 4.31 Å². The SMILES string of the molecule is O=S(=O)(c1ccccc1Br)N(CCc1cccs1)Cc1ccco1. The standard InChI is InChI=1S/C17H16BrNO3S2/c18-16-7-1-2-8-17(16)24(20,21)19(13-14-5-3-11-22-14)10-9-15-6-4-12-23-15/h1-8,11-12H,9-10,13H2. The van der Waals surface area contributed by atoms with E-state index in [-0.39, 0.29) is 11.4 Å². The van der Waals surface area contributed by atoms with Crippen molar-refractivity contribution in [1.29, 1.82) is 0 Å². The van der Waals surface area contributed by atoms with E-state index < -0.39 is 10.0 Å². The van der Waals surface area contributed by atoms with E-state index in [4.69, 9.17) is 4.42 Å². The summed E-state index contributed by atoms with van der Waals surface area (Å²) < 4.78 is 33.6. The number of thiophene rings is 1. The number of furan rings is 1. The Balaban J connectivity index is 1.89. The zero-order valence-electron chi connectivity index (χ0n) is 12.8. The fraction of sp³-hybridized carbons (Fsp3) is 0.176. The highest BCUT2D eigenvalue weighted by atomic mass is 79.9. The Morgan fingerprint density at radius 2 is 1.92 bits per heavy atom. The minimum absolute atomic E-state index is 0.210. The Morgan fingerprint density at radius 1 is 1.08 bits per heavy atom. The van der Waals surface area contributed by atoms with Crippen LogP contribution in [0.1, 0.15) is 10.6 Å². The average molecular weight is 426 g/mol. The first kappa shape index (κ1) is 17.4. The van der Waals surface area contributed by atoms with Crippen LogP contribution in [-0.2, 0) is 23.0 Å². The highest BCUT2D eigenvalue weighted by Gasteiger charge is 2.27. The predicted octanol–water partition coefficient (Wildman–Crippen LogP) is 4.54. The predicted molar refractivity (Wildman–Crippen MR) is 98.5 cm³/mol. The molecule has 126 valence electrons. The van der Waals surface area contributed by atoms with Crippen LogP contribution in [0.25, 0.3) is 0 Å². The van der Waals surface area contributed by atoms with E-state index in [0.717, 1.165) is 4.88 Å². The molecule has 0 unspecified atom stereocenters. The summed E-state index contributed by atoms with van der Waals surface area (Å²) in [5.41, 5.74) is 0. The molecule has 0 radical (unpaired) electrons. The summed E-state index contributed by atoms with van der Waals surface area (Å²) in [6.07, 6.45) is 2.22. The lowest BCUT2D eigenvalue weighted by atomic mass is 10.3. The van der Waals surface area contributed by atoms with Crippen LogP contribution in [0.4, 0.5) is 0 Å². The molecule has 2 aromatic heterocycles. The minimum Gasteiger partial charge on any atom is -0.468 e. The fourth-order valence-electron chi connectivity index (χ4n) is 2.34. The lowest BCUT2D eigenvalue weighted by Gasteiger charge is -2.21. The molecule has 0 saturated heterocycles. The Hall–Kier alpha value is -1.41. The van der Waals surface area contributed by atoms with Crippen molar-refractivity contribution in [2.75, 3.05) is 6.54 Å². The van der Waals surface area contributed by atoms with Crippen molar-refractivity contribution >= 4 is 37.3 Å². The van der Waals surface area contributed by atoms with Crippen molar-refractivity contribution in [2.45, 2.75) is 17.9 Å². The Morgan fingerprint density at radius 3 is 2.58 bits per heavy atom. The molecule has 4 nitrogen and oxygen atoms in total. The molecule has 0 aliphatic rings. The van der Waals surface area contributed by atoms with Gasteiger partial charge in [0.25, 0.3) is 0 Å². The van der Waals surface area contributed by atoms with Crippen LogP contribution in [0.2, 0.25) is 0 Å². The minimum atomic E-state index is -3.63. The van der Waals surface area contributed by atoms with Gasteiger partial charge in [0.1, 0.15) is 5.76 Å². The van der Waals surface area contributed by atoms with Crippen LogP contribution in [0, 0.1) is 0 Å². The molecule has 3 aromatic rings. The highest BCUT2D eigenvalue weighted by Crippen LogP contribution is 2.26. The normalized spacial score (nSPS) is 11.9. The topological polar surface area (TPSA) is 50.5 Å². The van der Waals surface area contributed by atoms with Crippen molar-refractivity contribution < 1.29 is 12.8 Å². The maximum atomic E-state index is 13.1. The van der Waals surface area contributed by atoms with Crippen molar-refractivity contribution in [3.05, 3.63) is 75.3 Å². The van der Waals surface area contributed by atoms with Gasteiger partial charge in [0.15, 0.2) is 0 Å². The summed E-state index contributed by atoms with van der Waals surface area (Å²) in [6.45, 7) is 0.604. The molecule has 7 heteroatoms. The van der Waals surface area contributed by atoms with Crippen LogP contribution in [0.5, 0.6) is 0 Å². The van der Waals surface area contributed by atoms with Crippen LogP contribution in [-0.4, -0.2) is 19.3 Å². The van der Waals surface area contributed by atoms with Gasteiger partial charge in [0, 0.05) is 15.9 Å². The van der Waals surface area contributed by atoms with Crippen LogP contribution < -0.4 is 0 Å². The number of sulfonamides is 1. The molecule has 0 saturated carbocycles. The smallest absolute Gasteiger partial charge is 0.244 e. The van der Waals surface area contributed by atoms with Crippen molar-refractivity contribution in [3.63, 3.8) is 0 Å². The zero-order valence-corrected chi connectivity index (χ0v) is 16.0. The first-order chi connectivity index (χ1) is 11.6. The Kier molecular flexibility index (Phi) is 5.55. The maximum Gasteiger partial charge on any atom is 0.244 e. The summed E-state index contributed by atoms with van der Waals surface area (Å²) in [6, 6.07) is 14.4. The van der Waals surface area contributed by atoms with Gasteiger partial charge < -0.3 is 4.42 Å². The summed E-state index contributed by atoms with van der Waals surface area (Å²) in [7, 11) is -3.63. The van der Waals surface area contributed by atoms with E-state index in [9.17, 15) is 8.42 Å². The fourth-order valence-corrected chi connectivity index (χ4v) is 5.41. The Labute approximate surface area is 153 Å². The monoisotopic (exact) mass is 425 g/mol. The van der Waals surface area contributed by atoms with E-state index in [0.29, 0.717) is 23.2 Å². The van der Waals surface area contributed by atoms with Gasteiger partial charge in [-0.05, 0) is 58.1 Å². The maximum absolute atomic E-state index is 13.1. The molecule has 0 bridgehead atoms. The average Bonchev–Trinajstić information content (AvgIpc) is 3.25. The molecule has 1 aromatic carbocycles. The molecule has 3 rings (SSSR count). The van der Waals surface area contributed by atoms with E-state index in [1.54, 1.807) is 54.0 Å². The van der Waals surface area contributed by atoms with Crippen molar-refractivity contribution in [3.8, 4) is 0 Å². The summed E-state index contributed by atoms with van der Waals surface area (Å²) in [5, 5.41) is 1.99. The van der Waals surface area contributed by atoms with Crippen LogP contribution in [0.3, 0.4) is 0 Å². The second-order valence-electron chi connectivity index (χ2n) is 5.18. The number of benzene rings is 1. The van der Waals surface area contributed by atoms with Crippen LogP contribution >= 0.6 is 27.3 Å². The highest BCUT2D eigenvalue weighted by molar-refractivity contribution is 9.10. The van der Waals surface area contributed by atoms with Crippen LogP contribution in [0.15, 0.2) is 74.0 Å². The quantitative estimate of drug-likeness (QED) is 0.558. The van der Waals surface area contributed by atoms with Gasteiger partial charge in [-0.2, -0.15) is 4.31 Å². The second kappa shape index (κ2) is 7.65. The van der Waals surface area contributed by atoms with Gasteiger partial charge >= 0.3 is 0 Å². The lowest BCUT2D eigenvalue weighted by Crippen LogP contribution is -2.32. The molecule has 0 amide bonds. The number of hydrogen-bond acceptors (Lipinski definition) is 4. The molecule has 2 heterocycles. The molecule has 0 spiro atoms. The Bertz CT molecular complexity index is 874. The molecular weight excluding hydrogens is 410 g/mol. The second-order valence-corrected chi connectivity index (χ2v) is 8.97. The van der Waals surface area contributed by atoms with Gasteiger partial charge in [-0.3, -0.25) is 0 Å². The van der Waals surface area contributed by atoms with E-state index in [1.807, 2.05) is 17.5 Å². The summed E-state index contributed by atoms with van der Waals surface area (Å²) >= 11 is 4.97. The number of nitrogens with zero attached hydrogens (tertiary/aromatic N) is 1. The third-order valence-electron chi connectivity index (χ3n) is 3.55. The molecule has 0 aliphatic heterocycles. The van der Waals surface area contributed by atoms with E-state index in [2.05, 4.69) is 15.9 Å². The van der Waals surface area contributed by atoms with Gasteiger partial charge in [-0.1, -0.05) is 18.2 Å². The first-order valence-corrected chi connectivity index (χ1v) is 10.5. The molecule has 0 N–H and O–H groups in total. The van der Waals surface area contributed by atoms with E-state index in [1.165, 1.54) is 4.31 Å². The number of halogens is 1. The van der Waals surface area contributed by atoms with Crippen molar-refractivity contribution in [2.24, 2.45) is 0 Å². The molecule has 0 fully saturated rings. The van der Waals surface area contributed by atoms with Gasteiger partial charge in [-0.15, -0.1) is 11.3 Å². The molecule has 0 aliphatic carbocycles.